The normalized spacial score (nSPS) is 14.9. The molecule has 5 nitrogen and oxygen atoms in total. The molecule has 0 aromatic rings. The van der Waals surface area contributed by atoms with Crippen LogP contribution in [0.15, 0.2) is 12.2 Å². The van der Waals surface area contributed by atoms with Gasteiger partial charge < -0.3 is 19.4 Å². The van der Waals surface area contributed by atoms with E-state index in [1.54, 1.807) is 0 Å². The Labute approximate surface area is 193 Å². The Bertz CT molecular complexity index is 498. The fourth-order valence-electron chi connectivity index (χ4n) is 4.09. The van der Waals surface area contributed by atoms with Gasteiger partial charge in [0.2, 0.25) is 5.34 Å². The summed E-state index contributed by atoms with van der Waals surface area (Å²) in [5.74, 6) is 0. The van der Waals surface area contributed by atoms with Crippen LogP contribution in [0.2, 0.25) is 0 Å². The highest BCUT2D eigenvalue weighted by Gasteiger charge is 2.48. The summed E-state index contributed by atoms with van der Waals surface area (Å²) in [6.07, 6.45) is 24.5. The molecule has 0 fully saturated rings. The minimum atomic E-state index is -4.55. The molecule has 3 N–H and O–H groups in total. The standard InChI is InChI=1S/C25H52NO4P/c1-5-6-7-8-9-10-11-12-13-14-15-16-17-18-19-20-21-22-23-25(27,31(28,29)30)24-26(2,3)4/h18-19,27H,5-17,20-24H2,1-4H3,(H-,28,29,30)/p+1/b19-18-. The maximum Gasteiger partial charge on any atom is 0.362 e. The van der Waals surface area contributed by atoms with Gasteiger partial charge >= 0.3 is 7.60 Å². The molecule has 0 aromatic heterocycles. The lowest BCUT2D eigenvalue weighted by Gasteiger charge is -2.35. The minimum Gasteiger partial charge on any atom is -0.373 e. The van der Waals surface area contributed by atoms with Gasteiger partial charge in [0.05, 0.1) is 21.1 Å². The number of quaternary nitrogens is 1. The zero-order valence-corrected chi connectivity index (χ0v) is 21.9. The number of rotatable bonds is 21. The van der Waals surface area contributed by atoms with Crippen LogP contribution in [-0.4, -0.2) is 52.4 Å². The van der Waals surface area contributed by atoms with Crippen LogP contribution in [0.1, 0.15) is 116 Å². The van der Waals surface area contributed by atoms with E-state index in [2.05, 4.69) is 19.1 Å². The van der Waals surface area contributed by atoms with E-state index in [4.69, 9.17) is 0 Å². The number of unbranched alkanes of at least 4 members (excludes halogenated alkanes) is 14. The summed E-state index contributed by atoms with van der Waals surface area (Å²) in [7, 11) is 0.942. The van der Waals surface area contributed by atoms with E-state index in [0.29, 0.717) is 10.9 Å². The van der Waals surface area contributed by atoms with E-state index in [9.17, 15) is 19.5 Å². The lowest BCUT2D eigenvalue weighted by Crippen LogP contribution is -2.49. The predicted molar refractivity (Wildman–Crippen MR) is 133 cm³/mol. The van der Waals surface area contributed by atoms with Gasteiger partial charge in [-0.15, -0.1) is 0 Å². The lowest BCUT2D eigenvalue weighted by molar-refractivity contribution is -0.875. The van der Waals surface area contributed by atoms with Crippen LogP contribution in [0.25, 0.3) is 0 Å². The Kier molecular flexibility index (Phi) is 17.2. The van der Waals surface area contributed by atoms with Crippen molar-refractivity contribution in [1.29, 1.82) is 0 Å². The molecule has 0 aromatic carbocycles. The number of allylic oxidation sites excluding steroid dienone is 2. The molecule has 0 aliphatic carbocycles. The van der Waals surface area contributed by atoms with Gasteiger partial charge in [0.25, 0.3) is 0 Å². The zero-order valence-electron chi connectivity index (χ0n) is 21.0. The molecule has 1 atom stereocenters. The molecule has 31 heavy (non-hydrogen) atoms. The van der Waals surface area contributed by atoms with Gasteiger partial charge in [0.1, 0.15) is 6.54 Å². The molecular formula is C25H53NO4P+. The summed E-state index contributed by atoms with van der Waals surface area (Å²) >= 11 is 0. The van der Waals surface area contributed by atoms with Gasteiger partial charge in [0.15, 0.2) is 0 Å². The second kappa shape index (κ2) is 17.3. The predicted octanol–water partition coefficient (Wildman–Crippen LogP) is 6.77. The highest BCUT2D eigenvalue weighted by molar-refractivity contribution is 7.53. The maximum absolute atomic E-state index is 11.8. The first-order chi connectivity index (χ1) is 14.5. The van der Waals surface area contributed by atoms with Crippen LogP contribution in [0.3, 0.4) is 0 Å². The van der Waals surface area contributed by atoms with Crippen molar-refractivity contribution in [3.8, 4) is 0 Å². The second-order valence-electron chi connectivity index (χ2n) is 10.4. The molecular weight excluding hydrogens is 409 g/mol. The van der Waals surface area contributed by atoms with E-state index >= 15 is 0 Å². The topological polar surface area (TPSA) is 77.8 Å². The molecule has 0 bridgehead atoms. The Morgan fingerprint density at radius 3 is 1.48 bits per heavy atom. The lowest BCUT2D eigenvalue weighted by atomic mass is 10.0. The molecule has 1 unspecified atom stereocenters. The summed E-state index contributed by atoms with van der Waals surface area (Å²) in [5.41, 5.74) is 0. The van der Waals surface area contributed by atoms with E-state index in [1.165, 1.54) is 77.0 Å². The van der Waals surface area contributed by atoms with Gasteiger partial charge in [-0.05, 0) is 38.5 Å². The first-order valence-corrected chi connectivity index (χ1v) is 14.4. The fourth-order valence-corrected chi connectivity index (χ4v) is 5.14. The molecule has 0 aliphatic rings. The molecule has 6 heteroatoms. The first-order valence-electron chi connectivity index (χ1n) is 12.8. The molecule has 186 valence electrons. The minimum absolute atomic E-state index is 0.0477. The van der Waals surface area contributed by atoms with Crippen molar-refractivity contribution >= 4 is 7.60 Å². The molecule has 0 heterocycles. The summed E-state index contributed by atoms with van der Waals surface area (Å²) in [5, 5.41) is 8.60. The molecule has 0 amide bonds. The van der Waals surface area contributed by atoms with Gasteiger partial charge in [-0.25, -0.2) is 0 Å². The SMILES string of the molecule is CCCCCCCCCCCCCC/C=C\CCCCC(O)(C[N+](C)(C)C)P(=O)(O)O. The van der Waals surface area contributed by atoms with E-state index in [0.717, 1.165) is 19.3 Å². The third-order valence-electron chi connectivity index (χ3n) is 5.86. The van der Waals surface area contributed by atoms with Gasteiger partial charge in [-0.2, -0.15) is 0 Å². The van der Waals surface area contributed by atoms with Crippen LogP contribution in [0, 0.1) is 0 Å². The second-order valence-corrected chi connectivity index (χ2v) is 12.3. The van der Waals surface area contributed by atoms with Crippen molar-refractivity contribution in [2.24, 2.45) is 0 Å². The van der Waals surface area contributed by atoms with Crippen molar-refractivity contribution < 1.29 is 23.9 Å². The highest BCUT2D eigenvalue weighted by Crippen LogP contribution is 2.52. The third-order valence-corrected chi connectivity index (χ3v) is 7.31. The van der Waals surface area contributed by atoms with Crippen molar-refractivity contribution in [2.75, 3.05) is 27.7 Å². The van der Waals surface area contributed by atoms with Crippen molar-refractivity contribution in [1.82, 2.24) is 0 Å². The number of nitrogens with zero attached hydrogens (tertiary/aromatic N) is 1. The number of aliphatic hydroxyl groups is 1. The van der Waals surface area contributed by atoms with Crippen LogP contribution in [0.5, 0.6) is 0 Å². The first kappa shape index (κ1) is 30.8. The van der Waals surface area contributed by atoms with Gasteiger partial charge in [0, 0.05) is 0 Å². The van der Waals surface area contributed by atoms with Crippen molar-refractivity contribution in [3.05, 3.63) is 12.2 Å². The molecule has 0 rings (SSSR count). The molecule has 0 spiro atoms. The molecule has 0 saturated heterocycles. The number of hydrogen-bond donors (Lipinski definition) is 3. The molecule has 0 aliphatic heterocycles. The van der Waals surface area contributed by atoms with Crippen LogP contribution in [-0.2, 0) is 4.57 Å². The largest absolute Gasteiger partial charge is 0.373 e. The number of hydrogen-bond acceptors (Lipinski definition) is 2. The fraction of sp³-hybridized carbons (Fsp3) is 0.920. The smallest absolute Gasteiger partial charge is 0.362 e. The van der Waals surface area contributed by atoms with E-state index in [1.807, 2.05) is 21.1 Å². The van der Waals surface area contributed by atoms with Gasteiger partial charge in [-0.3, -0.25) is 4.57 Å². The van der Waals surface area contributed by atoms with Crippen LogP contribution >= 0.6 is 7.60 Å². The molecule has 0 saturated carbocycles. The monoisotopic (exact) mass is 462 g/mol. The van der Waals surface area contributed by atoms with Crippen LogP contribution < -0.4 is 0 Å². The number of likely N-dealkylation sites (N-methyl/N-ethyl adjacent to an activating group) is 1. The highest BCUT2D eigenvalue weighted by atomic mass is 31.2. The summed E-state index contributed by atoms with van der Waals surface area (Å²) in [6.45, 7) is 2.31. The summed E-state index contributed by atoms with van der Waals surface area (Å²) in [4.78, 5) is 19.2. The average molecular weight is 463 g/mol. The van der Waals surface area contributed by atoms with Crippen molar-refractivity contribution in [3.63, 3.8) is 0 Å². The maximum atomic E-state index is 11.8. The Hall–Kier alpha value is -0.190. The zero-order chi connectivity index (χ0) is 23.6. The average Bonchev–Trinajstić information content (AvgIpc) is 2.65. The molecule has 0 radical (unpaired) electrons. The Balaban J connectivity index is 3.66. The van der Waals surface area contributed by atoms with Crippen molar-refractivity contribution in [2.45, 2.75) is 121 Å². The quantitative estimate of drug-likeness (QED) is 0.0761. The Morgan fingerprint density at radius 2 is 1.10 bits per heavy atom. The van der Waals surface area contributed by atoms with Gasteiger partial charge in [-0.1, -0.05) is 89.7 Å². The summed E-state index contributed by atoms with van der Waals surface area (Å²) < 4.78 is 12.1. The van der Waals surface area contributed by atoms with E-state index < -0.39 is 12.9 Å². The summed E-state index contributed by atoms with van der Waals surface area (Å²) in [6, 6.07) is 0. The van der Waals surface area contributed by atoms with Crippen LogP contribution in [0.4, 0.5) is 0 Å². The third kappa shape index (κ3) is 18.0. The Morgan fingerprint density at radius 1 is 0.710 bits per heavy atom. The van der Waals surface area contributed by atoms with E-state index in [-0.39, 0.29) is 13.0 Å².